The Labute approximate surface area is 143 Å². The zero-order valence-electron chi connectivity index (χ0n) is 16.2. The van der Waals surface area contributed by atoms with E-state index in [9.17, 15) is 0 Å². The third-order valence-electron chi connectivity index (χ3n) is 5.08. The van der Waals surface area contributed by atoms with Crippen molar-refractivity contribution in [1.29, 1.82) is 0 Å². The van der Waals surface area contributed by atoms with E-state index >= 15 is 0 Å². The van der Waals surface area contributed by atoms with Crippen LogP contribution < -0.4 is 0 Å². The fourth-order valence-corrected chi connectivity index (χ4v) is 3.78. The molecule has 0 bridgehead atoms. The molecule has 0 aliphatic carbocycles. The van der Waals surface area contributed by atoms with Crippen LogP contribution in [0.4, 0.5) is 0 Å². The van der Waals surface area contributed by atoms with Gasteiger partial charge in [0.2, 0.25) is 0 Å². The fraction of sp³-hybridized carbons (Fsp3) is 0.478. The number of rotatable bonds is 4. The lowest BCUT2D eigenvalue weighted by molar-refractivity contribution is 0.517. The van der Waals surface area contributed by atoms with Crippen LogP contribution in [0, 0.1) is 27.7 Å². The van der Waals surface area contributed by atoms with Gasteiger partial charge in [0.1, 0.15) is 0 Å². The number of benzene rings is 2. The summed E-state index contributed by atoms with van der Waals surface area (Å²) >= 11 is 0. The molecule has 0 N–H and O–H groups in total. The van der Waals surface area contributed by atoms with Gasteiger partial charge in [-0.2, -0.15) is 0 Å². The van der Waals surface area contributed by atoms with Gasteiger partial charge in [0.25, 0.3) is 0 Å². The molecule has 0 saturated heterocycles. The van der Waals surface area contributed by atoms with Gasteiger partial charge in [-0.25, -0.2) is 0 Å². The molecule has 2 rings (SSSR count). The molecule has 124 valence electrons. The summed E-state index contributed by atoms with van der Waals surface area (Å²) in [5.74, 6) is 0.581. The van der Waals surface area contributed by atoms with Gasteiger partial charge in [-0.3, -0.25) is 0 Å². The van der Waals surface area contributed by atoms with Crippen molar-refractivity contribution in [3.63, 3.8) is 0 Å². The third-order valence-corrected chi connectivity index (χ3v) is 5.08. The molecule has 2 aromatic carbocycles. The summed E-state index contributed by atoms with van der Waals surface area (Å²) < 4.78 is 0. The van der Waals surface area contributed by atoms with Gasteiger partial charge >= 0.3 is 0 Å². The fourth-order valence-electron chi connectivity index (χ4n) is 3.78. The molecule has 0 unspecified atom stereocenters. The maximum absolute atomic E-state index is 2.38. The Hall–Kier alpha value is -1.56. The van der Waals surface area contributed by atoms with Gasteiger partial charge < -0.3 is 0 Å². The Morgan fingerprint density at radius 2 is 1.52 bits per heavy atom. The number of hydrogen-bond donors (Lipinski definition) is 0. The summed E-state index contributed by atoms with van der Waals surface area (Å²) in [6.07, 6.45) is 1.09. The van der Waals surface area contributed by atoms with E-state index < -0.39 is 0 Å². The van der Waals surface area contributed by atoms with Gasteiger partial charge in [-0.05, 0) is 73.3 Å². The average Bonchev–Trinajstić information content (AvgIpc) is 2.44. The van der Waals surface area contributed by atoms with Crippen LogP contribution in [0.15, 0.2) is 30.3 Å². The molecule has 0 aliphatic rings. The Morgan fingerprint density at radius 1 is 0.870 bits per heavy atom. The quantitative estimate of drug-likeness (QED) is 0.599. The molecular weight excluding hydrogens is 276 g/mol. The van der Waals surface area contributed by atoms with Crippen molar-refractivity contribution < 1.29 is 0 Å². The highest BCUT2D eigenvalue weighted by atomic mass is 14.3. The minimum Gasteiger partial charge on any atom is -0.0590 e. The molecular formula is C23H32. The van der Waals surface area contributed by atoms with Gasteiger partial charge in [0.05, 0.1) is 0 Å². The van der Waals surface area contributed by atoms with Gasteiger partial charge in [0, 0.05) is 0 Å². The van der Waals surface area contributed by atoms with Crippen molar-refractivity contribution in [1.82, 2.24) is 0 Å². The molecule has 0 saturated carbocycles. The number of hydrogen-bond acceptors (Lipinski definition) is 0. The van der Waals surface area contributed by atoms with E-state index in [1.165, 1.54) is 38.9 Å². The molecule has 0 aromatic heterocycles. The smallest absolute Gasteiger partial charge is 0.00604 e. The highest BCUT2D eigenvalue weighted by molar-refractivity contribution is 5.43. The molecule has 23 heavy (non-hydrogen) atoms. The second-order valence-corrected chi connectivity index (χ2v) is 8.17. The van der Waals surface area contributed by atoms with E-state index in [1.807, 2.05) is 0 Å². The normalized spacial score (nSPS) is 12.0. The third kappa shape index (κ3) is 3.86. The topological polar surface area (TPSA) is 0 Å². The minimum atomic E-state index is 0.142. The molecule has 0 radical (unpaired) electrons. The van der Waals surface area contributed by atoms with E-state index in [0.29, 0.717) is 5.92 Å². The first-order valence-electron chi connectivity index (χ1n) is 8.79. The van der Waals surface area contributed by atoms with E-state index in [1.54, 1.807) is 0 Å². The predicted octanol–water partition coefficient (Wildman–Crippen LogP) is 6.56. The van der Waals surface area contributed by atoms with Crippen LogP contribution in [-0.4, -0.2) is 0 Å². The first-order chi connectivity index (χ1) is 10.6. The Bertz CT molecular complexity index is 702. The van der Waals surface area contributed by atoms with E-state index in [0.717, 1.165) is 6.42 Å². The molecule has 0 amide bonds. The lowest BCUT2D eigenvalue weighted by atomic mass is 9.75. The van der Waals surface area contributed by atoms with Crippen molar-refractivity contribution in [3.8, 4) is 0 Å². The van der Waals surface area contributed by atoms with Crippen LogP contribution in [0.25, 0.3) is 0 Å². The van der Waals surface area contributed by atoms with Crippen molar-refractivity contribution in [3.05, 3.63) is 69.3 Å². The van der Waals surface area contributed by atoms with E-state index in [2.05, 4.69) is 85.7 Å². The second kappa shape index (κ2) is 6.51. The summed E-state index contributed by atoms with van der Waals surface area (Å²) in [6, 6.07) is 11.6. The predicted molar refractivity (Wildman–Crippen MR) is 103 cm³/mol. The zero-order chi connectivity index (χ0) is 17.4. The highest BCUT2D eigenvalue weighted by Crippen LogP contribution is 2.34. The standard InChI is InChI=1S/C23H32/c1-15(2)21-12-17(4)11-20(19(21)6)14-23(7,8)22-13-16(3)9-10-18(22)5/h9-13,15H,14H2,1-8H3. The number of aryl methyl sites for hydroxylation is 3. The zero-order valence-corrected chi connectivity index (χ0v) is 16.2. The monoisotopic (exact) mass is 308 g/mol. The Morgan fingerprint density at radius 3 is 2.13 bits per heavy atom. The largest absolute Gasteiger partial charge is 0.0590 e. The van der Waals surface area contributed by atoms with Gasteiger partial charge in [0.15, 0.2) is 0 Å². The molecule has 2 aromatic rings. The SMILES string of the molecule is Cc1cc(CC(C)(C)c2cc(C)ccc2C)c(C)c(C(C)C)c1. The maximum atomic E-state index is 2.38. The van der Waals surface area contributed by atoms with Crippen LogP contribution in [0.3, 0.4) is 0 Å². The molecule has 0 heterocycles. The first-order valence-corrected chi connectivity index (χ1v) is 8.79. The molecule has 0 spiro atoms. The van der Waals surface area contributed by atoms with Crippen molar-refractivity contribution in [2.24, 2.45) is 0 Å². The van der Waals surface area contributed by atoms with Crippen molar-refractivity contribution in [2.45, 2.75) is 73.1 Å². The van der Waals surface area contributed by atoms with Crippen molar-refractivity contribution in [2.75, 3.05) is 0 Å². The van der Waals surface area contributed by atoms with Gasteiger partial charge in [-0.1, -0.05) is 69.2 Å². The minimum absolute atomic E-state index is 0.142. The first kappa shape index (κ1) is 17.8. The Kier molecular flexibility index (Phi) is 5.04. The summed E-state index contributed by atoms with van der Waals surface area (Å²) in [5, 5.41) is 0. The molecule has 0 heteroatoms. The lowest BCUT2D eigenvalue weighted by Gasteiger charge is -2.29. The lowest BCUT2D eigenvalue weighted by Crippen LogP contribution is -2.23. The van der Waals surface area contributed by atoms with Crippen LogP contribution >= 0.6 is 0 Å². The van der Waals surface area contributed by atoms with Crippen LogP contribution in [-0.2, 0) is 11.8 Å². The summed E-state index contributed by atoms with van der Waals surface area (Å²) in [7, 11) is 0. The molecule has 0 fully saturated rings. The van der Waals surface area contributed by atoms with Crippen LogP contribution in [0.2, 0.25) is 0 Å². The Balaban J connectivity index is 2.47. The second-order valence-electron chi connectivity index (χ2n) is 8.17. The van der Waals surface area contributed by atoms with Crippen LogP contribution in [0.1, 0.15) is 72.6 Å². The van der Waals surface area contributed by atoms with E-state index in [4.69, 9.17) is 0 Å². The summed E-state index contributed by atoms with van der Waals surface area (Å²) in [4.78, 5) is 0. The molecule has 0 nitrogen and oxygen atoms in total. The molecule has 0 atom stereocenters. The van der Waals surface area contributed by atoms with Crippen LogP contribution in [0.5, 0.6) is 0 Å². The van der Waals surface area contributed by atoms with Gasteiger partial charge in [-0.15, -0.1) is 0 Å². The average molecular weight is 309 g/mol. The van der Waals surface area contributed by atoms with Crippen molar-refractivity contribution >= 4 is 0 Å². The summed E-state index contributed by atoms with van der Waals surface area (Å²) in [5.41, 5.74) is 10.2. The summed E-state index contributed by atoms with van der Waals surface area (Å²) in [6.45, 7) is 18.3. The maximum Gasteiger partial charge on any atom is -0.00604 e. The molecule has 0 aliphatic heterocycles. The van der Waals surface area contributed by atoms with E-state index in [-0.39, 0.29) is 5.41 Å². The highest BCUT2D eigenvalue weighted by Gasteiger charge is 2.24.